The Hall–Kier alpha value is -2.18. The van der Waals surface area contributed by atoms with Crippen molar-refractivity contribution in [1.29, 1.82) is 0 Å². The Balaban J connectivity index is 1.89. The van der Waals surface area contributed by atoms with Gasteiger partial charge >= 0.3 is 0 Å². The number of pyridine rings is 1. The molecule has 1 aromatic heterocycles. The highest BCUT2D eigenvalue weighted by Gasteiger charge is 2.17. The molecule has 1 aliphatic heterocycles. The van der Waals surface area contributed by atoms with Crippen LogP contribution in [0, 0.1) is 5.82 Å². The zero-order chi connectivity index (χ0) is 14.7. The third-order valence-electron chi connectivity index (χ3n) is 2.98. The number of hydrazine groups is 1. The summed E-state index contributed by atoms with van der Waals surface area (Å²) in [5.41, 5.74) is 7.62. The monoisotopic (exact) mass is 301 g/mol. The number of hydrogen-bond acceptors (Lipinski definition) is 5. The number of nitrogens with one attached hydrogen (secondary N) is 2. The minimum Gasteiger partial charge on any atom is -0.320 e. The average molecular weight is 301 g/mol. The van der Waals surface area contributed by atoms with Crippen LogP contribution in [-0.4, -0.2) is 17.3 Å². The molecule has 1 aliphatic rings. The van der Waals surface area contributed by atoms with Crippen LogP contribution in [0.25, 0.3) is 5.70 Å². The summed E-state index contributed by atoms with van der Waals surface area (Å²) in [7, 11) is 0. The van der Waals surface area contributed by atoms with Crippen molar-refractivity contribution in [2.45, 2.75) is 15.8 Å². The van der Waals surface area contributed by atoms with Crippen LogP contribution in [0.1, 0.15) is 5.56 Å². The number of aromatic nitrogens is 1. The lowest BCUT2D eigenvalue weighted by Gasteiger charge is -2.10. The smallest absolute Gasteiger partial charge is 0.142 e. The third kappa shape index (κ3) is 3.12. The molecule has 0 spiro atoms. The number of benzene rings is 1. The van der Waals surface area contributed by atoms with Gasteiger partial charge in [0.05, 0.1) is 5.70 Å². The van der Waals surface area contributed by atoms with Crippen molar-refractivity contribution >= 4 is 23.7 Å². The summed E-state index contributed by atoms with van der Waals surface area (Å²) >= 11 is 1.49. The number of carbonyl (C=O) groups is 1. The van der Waals surface area contributed by atoms with Gasteiger partial charge in [0.2, 0.25) is 0 Å². The van der Waals surface area contributed by atoms with Crippen molar-refractivity contribution in [1.82, 2.24) is 15.8 Å². The van der Waals surface area contributed by atoms with Gasteiger partial charge in [0.25, 0.3) is 0 Å². The van der Waals surface area contributed by atoms with E-state index in [1.807, 2.05) is 12.1 Å². The molecule has 21 heavy (non-hydrogen) atoms. The van der Waals surface area contributed by atoms with E-state index in [0.29, 0.717) is 0 Å². The van der Waals surface area contributed by atoms with Gasteiger partial charge in [-0.2, -0.15) is 0 Å². The molecule has 2 N–H and O–H groups in total. The SMILES string of the molecule is O=CC1C=C(c2ccncc2Sc2ccc(F)cc2)NN1. The average Bonchev–Trinajstić information content (AvgIpc) is 2.99. The van der Waals surface area contributed by atoms with E-state index in [-0.39, 0.29) is 11.9 Å². The summed E-state index contributed by atoms with van der Waals surface area (Å²) in [6.45, 7) is 0. The molecule has 0 amide bonds. The topological polar surface area (TPSA) is 54.0 Å². The summed E-state index contributed by atoms with van der Waals surface area (Å²) in [6.07, 6.45) is 6.09. The van der Waals surface area contributed by atoms with Crippen molar-refractivity contribution in [2.75, 3.05) is 0 Å². The Labute approximate surface area is 125 Å². The molecular weight excluding hydrogens is 289 g/mol. The highest BCUT2D eigenvalue weighted by atomic mass is 32.2. The van der Waals surface area contributed by atoms with Crippen LogP contribution in [-0.2, 0) is 4.79 Å². The van der Waals surface area contributed by atoms with E-state index in [4.69, 9.17) is 0 Å². The minimum atomic E-state index is -0.336. The molecule has 0 saturated carbocycles. The first-order valence-corrected chi connectivity index (χ1v) is 7.14. The van der Waals surface area contributed by atoms with E-state index in [1.165, 1.54) is 23.9 Å². The molecule has 0 fully saturated rings. The first-order chi connectivity index (χ1) is 10.3. The molecule has 6 heteroatoms. The molecule has 3 rings (SSSR count). The van der Waals surface area contributed by atoms with E-state index in [1.54, 1.807) is 24.5 Å². The lowest BCUT2D eigenvalue weighted by Crippen LogP contribution is -2.32. The highest BCUT2D eigenvalue weighted by Crippen LogP contribution is 2.33. The summed E-state index contributed by atoms with van der Waals surface area (Å²) < 4.78 is 13.0. The summed E-state index contributed by atoms with van der Waals surface area (Å²) in [5, 5.41) is 0. The number of carbonyl (C=O) groups excluding carboxylic acids is 1. The van der Waals surface area contributed by atoms with Crippen molar-refractivity contribution in [3.63, 3.8) is 0 Å². The molecule has 0 bridgehead atoms. The number of hydrogen-bond donors (Lipinski definition) is 2. The Bertz CT molecular complexity index is 688. The molecule has 4 nitrogen and oxygen atoms in total. The van der Waals surface area contributed by atoms with Gasteiger partial charge in [-0.25, -0.2) is 9.82 Å². The van der Waals surface area contributed by atoms with Gasteiger partial charge in [-0.1, -0.05) is 11.8 Å². The fraction of sp³-hybridized carbons (Fsp3) is 0.0667. The van der Waals surface area contributed by atoms with Crippen molar-refractivity contribution < 1.29 is 9.18 Å². The highest BCUT2D eigenvalue weighted by molar-refractivity contribution is 7.99. The van der Waals surface area contributed by atoms with Gasteiger partial charge < -0.3 is 10.2 Å². The second-order valence-corrected chi connectivity index (χ2v) is 5.55. The van der Waals surface area contributed by atoms with E-state index >= 15 is 0 Å². The molecule has 1 aromatic carbocycles. The molecular formula is C15H12FN3OS. The van der Waals surface area contributed by atoms with Gasteiger partial charge in [-0.15, -0.1) is 0 Å². The summed E-state index contributed by atoms with van der Waals surface area (Å²) in [5.74, 6) is -0.260. The number of nitrogens with zero attached hydrogens (tertiary/aromatic N) is 1. The van der Waals surface area contributed by atoms with Crippen molar-refractivity contribution in [3.8, 4) is 0 Å². The van der Waals surface area contributed by atoms with Crippen molar-refractivity contribution in [3.05, 3.63) is 60.2 Å². The zero-order valence-electron chi connectivity index (χ0n) is 10.9. The third-order valence-corrected chi connectivity index (χ3v) is 4.04. The van der Waals surface area contributed by atoms with Gasteiger partial charge in [0.15, 0.2) is 0 Å². The number of halogens is 1. The molecule has 2 aromatic rings. The van der Waals surface area contributed by atoms with Crippen LogP contribution in [0.3, 0.4) is 0 Å². The predicted molar refractivity (Wildman–Crippen MR) is 78.9 cm³/mol. The maximum atomic E-state index is 13.0. The molecule has 0 saturated heterocycles. The van der Waals surface area contributed by atoms with E-state index in [0.717, 1.165) is 27.3 Å². The largest absolute Gasteiger partial charge is 0.320 e. The van der Waals surface area contributed by atoms with Crippen LogP contribution in [0.2, 0.25) is 0 Å². The standard InChI is InChI=1S/C15H12FN3OS/c16-10-1-3-12(4-2-10)21-15-8-17-6-5-13(15)14-7-11(9-20)18-19-14/h1-9,11,18-19H. The van der Waals surface area contributed by atoms with Gasteiger partial charge in [0, 0.05) is 27.7 Å². The van der Waals surface area contributed by atoms with Gasteiger partial charge in [-0.3, -0.25) is 4.98 Å². The number of aldehydes is 1. The quantitative estimate of drug-likeness (QED) is 0.849. The second-order valence-electron chi connectivity index (χ2n) is 4.44. The maximum Gasteiger partial charge on any atom is 0.142 e. The van der Waals surface area contributed by atoms with E-state index in [9.17, 15) is 9.18 Å². The van der Waals surface area contributed by atoms with E-state index < -0.39 is 0 Å². The molecule has 2 heterocycles. The molecule has 0 aliphatic carbocycles. The lowest BCUT2D eigenvalue weighted by molar-refractivity contribution is -0.108. The maximum absolute atomic E-state index is 13.0. The first-order valence-electron chi connectivity index (χ1n) is 6.33. The first kappa shape index (κ1) is 13.8. The Morgan fingerprint density at radius 1 is 1.24 bits per heavy atom. The second kappa shape index (κ2) is 6.07. The van der Waals surface area contributed by atoms with E-state index in [2.05, 4.69) is 15.8 Å². The Morgan fingerprint density at radius 2 is 2.05 bits per heavy atom. The van der Waals surface area contributed by atoms with Crippen LogP contribution in [0.15, 0.2) is 58.6 Å². The Morgan fingerprint density at radius 3 is 2.76 bits per heavy atom. The van der Waals surface area contributed by atoms with Crippen LogP contribution in [0.5, 0.6) is 0 Å². The minimum absolute atomic E-state index is 0.260. The molecule has 0 radical (unpaired) electrons. The summed E-state index contributed by atoms with van der Waals surface area (Å²) in [6, 6.07) is 7.83. The van der Waals surface area contributed by atoms with Gasteiger partial charge in [0.1, 0.15) is 18.1 Å². The lowest BCUT2D eigenvalue weighted by atomic mass is 10.2. The molecule has 106 valence electrons. The van der Waals surface area contributed by atoms with Crippen molar-refractivity contribution in [2.24, 2.45) is 0 Å². The van der Waals surface area contributed by atoms with Crippen LogP contribution >= 0.6 is 11.8 Å². The zero-order valence-corrected chi connectivity index (χ0v) is 11.7. The summed E-state index contributed by atoms with van der Waals surface area (Å²) in [4.78, 5) is 16.8. The number of rotatable bonds is 4. The Kier molecular flexibility index (Phi) is 3.98. The fourth-order valence-electron chi connectivity index (χ4n) is 1.97. The van der Waals surface area contributed by atoms with Crippen LogP contribution in [0.4, 0.5) is 4.39 Å². The molecule has 1 unspecified atom stereocenters. The fourth-order valence-corrected chi connectivity index (χ4v) is 2.90. The molecule has 1 atom stereocenters. The predicted octanol–water partition coefficient (Wildman–Crippen LogP) is 2.39. The van der Waals surface area contributed by atoms with Crippen LogP contribution < -0.4 is 10.9 Å². The van der Waals surface area contributed by atoms with Gasteiger partial charge in [-0.05, 0) is 36.4 Å². The normalized spacial score (nSPS) is 17.2.